The van der Waals surface area contributed by atoms with E-state index in [1.807, 2.05) is 0 Å². The lowest BCUT2D eigenvalue weighted by Gasteiger charge is -2.19. The van der Waals surface area contributed by atoms with Gasteiger partial charge in [-0.25, -0.2) is 0 Å². The third-order valence-corrected chi connectivity index (χ3v) is 4.93. The SMILES string of the molecule is CC(C)C1CCCC(NCc2cccc(Br)c2)CC1. The van der Waals surface area contributed by atoms with E-state index in [9.17, 15) is 0 Å². The Morgan fingerprint density at radius 3 is 2.79 bits per heavy atom. The summed E-state index contributed by atoms with van der Waals surface area (Å²) in [5.74, 6) is 1.79. The number of rotatable bonds is 4. The zero-order chi connectivity index (χ0) is 13.7. The lowest BCUT2D eigenvalue weighted by Crippen LogP contribution is -2.28. The molecule has 2 rings (SSSR count). The highest BCUT2D eigenvalue weighted by molar-refractivity contribution is 9.10. The van der Waals surface area contributed by atoms with Crippen LogP contribution in [0.3, 0.4) is 0 Å². The molecule has 19 heavy (non-hydrogen) atoms. The largest absolute Gasteiger partial charge is 0.310 e. The molecule has 0 amide bonds. The number of benzene rings is 1. The monoisotopic (exact) mass is 323 g/mol. The van der Waals surface area contributed by atoms with Crippen LogP contribution in [-0.2, 0) is 6.54 Å². The Labute approximate surface area is 126 Å². The minimum Gasteiger partial charge on any atom is -0.310 e. The van der Waals surface area contributed by atoms with Crippen LogP contribution in [0.2, 0.25) is 0 Å². The standard InChI is InChI=1S/C17H26BrN/c1-13(2)15-6-4-8-17(10-9-15)19-12-14-5-3-7-16(18)11-14/h3,5,7,11,13,15,17,19H,4,6,8-10,12H2,1-2H3. The van der Waals surface area contributed by atoms with Crippen LogP contribution in [0.25, 0.3) is 0 Å². The van der Waals surface area contributed by atoms with Crippen molar-refractivity contribution in [3.05, 3.63) is 34.3 Å². The lowest BCUT2D eigenvalue weighted by atomic mass is 9.89. The van der Waals surface area contributed by atoms with Gasteiger partial charge in [0.2, 0.25) is 0 Å². The summed E-state index contributed by atoms with van der Waals surface area (Å²) in [6.45, 7) is 5.75. The normalized spacial score (nSPS) is 24.4. The number of nitrogens with one attached hydrogen (secondary N) is 1. The summed E-state index contributed by atoms with van der Waals surface area (Å²) in [7, 11) is 0. The molecule has 0 saturated heterocycles. The second-order valence-electron chi connectivity index (χ2n) is 6.22. The fourth-order valence-electron chi connectivity index (χ4n) is 3.11. The number of hydrogen-bond donors (Lipinski definition) is 1. The molecule has 1 nitrogen and oxygen atoms in total. The van der Waals surface area contributed by atoms with Gasteiger partial charge in [-0.3, -0.25) is 0 Å². The van der Waals surface area contributed by atoms with Crippen LogP contribution in [-0.4, -0.2) is 6.04 Å². The van der Waals surface area contributed by atoms with Gasteiger partial charge in [0.05, 0.1) is 0 Å². The maximum absolute atomic E-state index is 3.74. The van der Waals surface area contributed by atoms with E-state index >= 15 is 0 Å². The molecule has 1 fully saturated rings. The highest BCUT2D eigenvalue weighted by atomic mass is 79.9. The Morgan fingerprint density at radius 2 is 2.05 bits per heavy atom. The summed E-state index contributed by atoms with van der Waals surface area (Å²) >= 11 is 3.54. The van der Waals surface area contributed by atoms with Crippen LogP contribution in [0.4, 0.5) is 0 Å². The summed E-state index contributed by atoms with van der Waals surface area (Å²) in [6, 6.07) is 9.32. The molecule has 2 heteroatoms. The highest BCUT2D eigenvalue weighted by Gasteiger charge is 2.20. The van der Waals surface area contributed by atoms with Crippen molar-refractivity contribution in [3.8, 4) is 0 Å². The van der Waals surface area contributed by atoms with Crippen LogP contribution >= 0.6 is 15.9 Å². The molecule has 1 aromatic carbocycles. The van der Waals surface area contributed by atoms with E-state index in [2.05, 4.69) is 59.4 Å². The van der Waals surface area contributed by atoms with Gasteiger partial charge in [-0.15, -0.1) is 0 Å². The van der Waals surface area contributed by atoms with E-state index in [0.29, 0.717) is 6.04 Å². The summed E-state index contributed by atoms with van der Waals surface area (Å²) < 4.78 is 1.17. The molecule has 1 aliphatic rings. The quantitative estimate of drug-likeness (QED) is 0.756. The van der Waals surface area contributed by atoms with E-state index in [-0.39, 0.29) is 0 Å². The number of hydrogen-bond acceptors (Lipinski definition) is 1. The molecule has 0 heterocycles. The summed E-state index contributed by atoms with van der Waals surface area (Å²) in [5, 5.41) is 3.74. The summed E-state index contributed by atoms with van der Waals surface area (Å²) in [6.07, 6.45) is 6.90. The highest BCUT2D eigenvalue weighted by Crippen LogP contribution is 2.28. The summed E-state index contributed by atoms with van der Waals surface area (Å²) in [4.78, 5) is 0. The third-order valence-electron chi connectivity index (χ3n) is 4.44. The first-order valence-electron chi connectivity index (χ1n) is 7.63. The van der Waals surface area contributed by atoms with Gasteiger partial charge >= 0.3 is 0 Å². The fraction of sp³-hybridized carbons (Fsp3) is 0.647. The average Bonchev–Trinajstić information content (AvgIpc) is 2.62. The molecule has 1 N–H and O–H groups in total. The zero-order valence-corrected chi connectivity index (χ0v) is 13.7. The fourth-order valence-corrected chi connectivity index (χ4v) is 3.56. The van der Waals surface area contributed by atoms with Crippen molar-refractivity contribution in [2.45, 2.75) is 58.5 Å². The molecule has 1 aromatic rings. The zero-order valence-electron chi connectivity index (χ0n) is 12.2. The average molecular weight is 324 g/mol. The maximum Gasteiger partial charge on any atom is 0.0208 e. The number of halogens is 1. The molecule has 106 valence electrons. The van der Waals surface area contributed by atoms with Crippen molar-refractivity contribution in [2.75, 3.05) is 0 Å². The minimum absolute atomic E-state index is 0.711. The van der Waals surface area contributed by atoms with Gasteiger partial charge in [-0.1, -0.05) is 54.8 Å². The third kappa shape index (κ3) is 4.92. The molecule has 0 aromatic heterocycles. The van der Waals surface area contributed by atoms with Crippen LogP contribution in [0, 0.1) is 11.8 Å². The van der Waals surface area contributed by atoms with Gasteiger partial charge in [0, 0.05) is 17.1 Å². The smallest absolute Gasteiger partial charge is 0.0208 e. The lowest BCUT2D eigenvalue weighted by molar-refractivity contribution is 0.337. The van der Waals surface area contributed by atoms with Crippen LogP contribution < -0.4 is 5.32 Å². The van der Waals surface area contributed by atoms with E-state index in [4.69, 9.17) is 0 Å². The molecule has 1 saturated carbocycles. The summed E-state index contributed by atoms with van der Waals surface area (Å²) in [5.41, 5.74) is 1.37. The Hall–Kier alpha value is -0.340. The minimum atomic E-state index is 0.711. The molecule has 0 radical (unpaired) electrons. The van der Waals surface area contributed by atoms with Gasteiger partial charge in [0.1, 0.15) is 0 Å². The molecular weight excluding hydrogens is 298 g/mol. The first kappa shape index (κ1) is 15.1. The topological polar surface area (TPSA) is 12.0 Å². The molecule has 2 atom stereocenters. The molecule has 2 unspecified atom stereocenters. The Balaban J connectivity index is 1.80. The molecule has 0 aliphatic heterocycles. The maximum atomic E-state index is 3.74. The van der Waals surface area contributed by atoms with Gasteiger partial charge in [0.25, 0.3) is 0 Å². The first-order valence-corrected chi connectivity index (χ1v) is 8.42. The van der Waals surface area contributed by atoms with Crippen molar-refractivity contribution in [1.82, 2.24) is 5.32 Å². The van der Waals surface area contributed by atoms with Gasteiger partial charge < -0.3 is 5.32 Å². The van der Waals surface area contributed by atoms with Gasteiger partial charge in [-0.05, 0) is 48.8 Å². The Bertz CT molecular complexity index is 389. The van der Waals surface area contributed by atoms with E-state index in [1.165, 1.54) is 42.1 Å². The van der Waals surface area contributed by atoms with Crippen LogP contribution in [0.1, 0.15) is 51.5 Å². The van der Waals surface area contributed by atoms with Crippen LogP contribution in [0.15, 0.2) is 28.7 Å². The molecule has 1 aliphatic carbocycles. The van der Waals surface area contributed by atoms with Gasteiger partial charge in [-0.2, -0.15) is 0 Å². The second kappa shape index (κ2) is 7.44. The van der Waals surface area contributed by atoms with Crippen molar-refractivity contribution in [2.24, 2.45) is 11.8 Å². The van der Waals surface area contributed by atoms with Crippen molar-refractivity contribution >= 4 is 15.9 Å². The van der Waals surface area contributed by atoms with E-state index < -0.39 is 0 Å². The van der Waals surface area contributed by atoms with E-state index in [0.717, 1.165) is 18.4 Å². The van der Waals surface area contributed by atoms with Gasteiger partial charge in [0.15, 0.2) is 0 Å². The Morgan fingerprint density at radius 1 is 1.21 bits per heavy atom. The molecular formula is C17H26BrN. The first-order chi connectivity index (χ1) is 9.15. The van der Waals surface area contributed by atoms with Crippen molar-refractivity contribution in [3.63, 3.8) is 0 Å². The predicted molar refractivity (Wildman–Crippen MR) is 86.2 cm³/mol. The predicted octanol–water partition coefficient (Wildman–Crippen LogP) is 5.14. The second-order valence-corrected chi connectivity index (χ2v) is 7.14. The van der Waals surface area contributed by atoms with E-state index in [1.54, 1.807) is 0 Å². The van der Waals surface area contributed by atoms with Crippen molar-refractivity contribution in [1.29, 1.82) is 0 Å². The molecule has 0 spiro atoms. The van der Waals surface area contributed by atoms with Crippen LogP contribution in [0.5, 0.6) is 0 Å². The molecule has 0 bridgehead atoms. The Kier molecular flexibility index (Phi) is 5.90. The van der Waals surface area contributed by atoms with Crippen molar-refractivity contribution < 1.29 is 0 Å².